The number of hydrogen-bond acceptors (Lipinski definition) is 3. The lowest BCUT2D eigenvalue weighted by molar-refractivity contribution is 0.378. The zero-order chi connectivity index (χ0) is 13.5. The summed E-state index contributed by atoms with van der Waals surface area (Å²) in [6, 6.07) is 11.8. The van der Waals surface area contributed by atoms with Crippen LogP contribution in [0.1, 0.15) is 31.2 Å². The first kappa shape index (κ1) is 12.2. The van der Waals surface area contributed by atoms with Gasteiger partial charge in [0.15, 0.2) is 0 Å². The minimum absolute atomic E-state index is 0.415. The molecule has 2 N–H and O–H groups in total. The average molecular weight is 267 g/mol. The Balaban J connectivity index is 1.68. The van der Waals surface area contributed by atoms with Crippen molar-refractivity contribution in [3.8, 4) is 0 Å². The van der Waals surface area contributed by atoms with Crippen molar-refractivity contribution in [3.05, 3.63) is 35.9 Å². The van der Waals surface area contributed by atoms with Gasteiger partial charge in [0.1, 0.15) is 5.82 Å². The summed E-state index contributed by atoms with van der Waals surface area (Å²) < 4.78 is 0. The number of fused-ring (bicyclic) bond motifs is 2. The van der Waals surface area contributed by atoms with Crippen molar-refractivity contribution >= 4 is 16.7 Å². The molecule has 2 aromatic rings. The lowest BCUT2D eigenvalue weighted by Gasteiger charge is -2.34. The highest BCUT2D eigenvalue weighted by molar-refractivity contribution is 5.82. The Bertz CT molecular complexity index is 629. The Morgan fingerprint density at radius 1 is 1.10 bits per heavy atom. The summed E-state index contributed by atoms with van der Waals surface area (Å²) in [5.74, 6) is 1.23. The Labute approximate surface area is 119 Å². The van der Waals surface area contributed by atoms with Crippen molar-refractivity contribution in [1.82, 2.24) is 4.98 Å². The first-order chi connectivity index (χ1) is 9.81. The summed E-state index contributed by atoms with van der Waals surface area (Å²) in [6.45, 7) is 1.12. The predicted molar refractivity (Wildman–Crippen MR) is 83.0 cm³/mol. The van der Waals surface area contributed by atoms with E-state index in [0.29, 0.717) is 12.1 Å². The SMILES string of the molecule is NC1CCC(N2CCc3cc4ccccc4nc32)CC1. The molecule has 0 bridgehead atoms. The minimum Gasteiger partial charge on any atom is -0.353 e. The third kappa shape index (κ3) is 1.97. The van der Waals surface area contributed by atoms with E-state index in [1.54, 1.807) is 0 Å². The van der Waals surface area contributed by atoms with E-state index in [9.17, 15) is 0 Å². The van der Waals surface area contributed by atoms with Crippen molar-refractivity contribution < 1.29 is 0 Å². The van der Waals surface area contributed by atoms with Crippen molar-refractivity contribution in [2.45, 2.75) is 44.2 Å². The molecule has 3 nitrogen and oxygen atoms in total. The molecule has 0 atom stereocenters. The van der Waals surface area contributed by atoms with Gasteiger partial charge in [-0.05, 0) is 49.8 Å². The third-order valence-electron chi connectivity index (χ3n) is 4.86. The first-order valence-corrected chi connectivity index (χ1v) is 7.72. The molecule has 1 aliphatic carbocycles. The van der Waals surface area contributed by atoms with E-state index >= 15 is 0 Å². The average Bonchev–Trinajstić information content (AvgIpc) is 2.88. The summed E-state index contributed by atoms with van der Waals surface area (Å²) in [5.41, 5.74) is 8.56. The number of benzene rings is 1. The van der Waals surface area contributed by atoms with E-state index in [-0.39, 0.29) is 0 Å². The lowest BCUT2D eigenvalue weighted by Crippen LogP contribution is -2.40. The Morgan fingerprint density at radius 2 is 1.90 bits per heavy atom. The third-order valence-corrected chi connectivity index (χ3v) is 4.86. The number of anilines is 1. The zero-order valence-corrected chi connectivity index (χ0v) is 11.8. The van der Waals surface area contributed by atoms with Gasteiger partial charge in [0.25, 0.3) is 0 Å². The number of nitrogens with two attached hydrogens (primary N) is 1. The summed E-state index contributed by atoms with van der Waals surface area (Å²) in [6.07, 6.45) is 5.88. The fraction of sp³-hybridized carbons (Fsp3) is 0.471. The minimum atomic E-state index is 0.415. The topological polar surface area (TPSA) is 42.1 Å². The van der Waals surface area contributed by atoms with E-state index in [1.807, 2.05) is 0 Å². The van der Waals surface area contributed by atoms with E-state index in [0.717, 1.165) is 31.3 Å². The van der Waals surface area contributed by atoms with Gasteiger partial charge in [0.05, 0.1) is 5.52 Å². The van der Waals surface area contributed by atoms with Crippen LogP contribution >= 0.6 is 0 Å². The molecule has 1 saturated carbocycles. The van der Waals surface area contributed by atoms with Gasteiger partial charge in [0.2, 0.25) is 0 Å². The molecule has 20 heavy (non-hydrogen) atoms. The smallest absolute Gasteiger partial charge is 0.132 e. The van der Waals surface area contributed by atoms with E-state index in [1.165, 1.54) is 29.6 Å². The first-order valence-electron chi connectivity index (χ1n) is 7.72. The highest BCUT2D eigenvalue weighted by Gasteiger charge is 2.30. The van der Waals surface area contributed by atoms with Crippen LogP contribution in [0.15, 0.2) is 30.3 Å². The molecule has 2 heterocycles. The van der Waals surface area contributed by atoms with Gasteiger partial charge >= 0.3 is 0 Å². The maximum atomic E-state index is 6.03. The van der Waals surface area contributed by atoms with Crippen molar-refractivity contribution in [2.75, 3.05) is 11.4 Å². The van der Waals surface area contributed by atoms with Gasteiger partial charge in [-0.3, -0.25) is 0 Å². The molecule has 1 fully saturated rings. The van der Waals surface area contributed by atoms with Crippen LogP contribution in [0.25, 0.3) is 10.9 Å². The van der Waals surface area contributed by atoms with Crippen molar-refractivity contribution in [3.63, 3.8) is 0 Å². The van der Waals surface area contributed by atoms with Crippen LogP contribution in [0.5, 0.6) is 0 Å². The molecule has 0 radical (unpaired) electrons. The second-order valence-electron chi connectivity index (χ2n) is 6.18. The Hall–Kier alpha value is -1.61. The van der Waals surface area contributed by atoms with E-state index in [4.69, 9.17) is 10.7 Å². The van der Waals surface area contributed by atoms with Crippen LogP contribution in [-0.4, -0.2) is 23.6 Å². The highest BCUT2D eigenvalue weighted by atomic mass is 15.2. The molecule has 104 valence electrons. The maximum Gasteiger partial charge on any atom is 0.132 e. The molecule has 0 spiro atoms. The van der Waals surface area contributed by atoms with Crippen LogP contribution in [-0.2, 0) is 6.42 Å². The van der Waals surface area contributed by atoms with E-state index in [2.05, 4.69) is 35.2 Å². The quantitative estimate of drug-likeness (QED) is 0.864. The molecular weight excluding hydrogens is 246 g/mol. The van der Waals surface area contributed by atoms with E-state index < -0.39 is 0 Å². The molecule has 0 unspecified atom stereocenters. The fourth-order valence-electron chi connectivity index (χ4n) is 3.70. The molecule has 1 aliphatic heterocycles. The Kier molecular flexibility index (Phi) is 2.88. The van der Waals surface area contributed by atoms with Crippen molar-refractivity contribution in [2.24, 2.45) is 5.73 Å². The summed E-state index contributed by atoms with van der Waals surface area (Å²) >= 11 is 0. The second-order valence-corrected chi connectivity index (χ2v) is 6.18. The molecule has 1 aromatic heterocycles. The molecule has 0 saturated heterocycles. The molecule has 3 heteroatoms. The van der Waals surface area contributed by atoms with Gasteiger partial charge in [0, 0.05) is 24.0 Å². The number of pyridine rings is 1. The number of para-hydroxylation sites is 1. The van der Waals surface area contributed by atoms with Crippen LogP contribution in [0.2, 0.25) is 0 Å². The maximum absolute atomic E-state index is 6.03. The molecule has 4 rings (SSSR count). The summed E-state index contributed by atoms with van der Waals surface area (Å²) in [5, 5.41) is 1.26. The summed E-state index contributed by atoms with van der Waals surface area (Å²) in [4.78, 5) is 7.46. The van der Waals surface area contributed by atoms with Crippen LogP contribution in [0.4, 0.5) is 5.82 Å². The van der Waals surface area contributed by atoms with Crippen LogP contribution in [0.3, 0.4) is 0 Å². The second kappa shape index (κ2) is 4.74. The highest BCUT2D eigenvalue weighted by Crippen LogP contribution is 2.34. The van der Waals surface area contributed by atoms with Crippen LogP contribution < -0.4 is 10.6 Å². The standard InChI is InChI=1S/C17H21N3/c18-14-5-7-15(8-6-14)20-10-9-13-11-12-3-1-2-4-16(12)19-17(13)20/h1-4,11,14-15H,5-10,18H2. The zero-order valence-electron chi connectivity index (χ0n) is 11.8. The molecule has 1 aromatic carbocycles. The van der Waals surface area contributed by atoms with Gasteiger partial charge in [-0.2, -0.15) is 0 Å². The van der Waals surface area contributed by atoms with Gasteiger partial charge < -0.3 is 10.6 Å². The largest absolute Gasteiger partial charge is 0.353 e. The molecule has 0 amide bonds. The molecular formula is C17H21N3. The number of rotatable bonds is 1. The van der Waals surface area contributed by atoms with Gasteiger partial charge in [-0.25, -0.2) is 4.98 Å². The molecule has 2 aliphatic rings. The number of nitrogens with zero attached hydrogens (tertiary/aromatic N) is 2. The van der Waals surface area contributed by atoms with Crippen LogP contribution in [0, 0.1) is 0 Å². The monoisotopic (exact) mass is 267 g/mol. The summed E-state index contributed by atoms with van der Waals surface area (Å²) in [7, 11) is 0. The Morgan fingerprint density at radius 3 is 2.75 bits per heavy atom. The fourth-order valence-corrected chi connectivity index (χ4v) is 3.70. The number of aromatic nitrogens is 1. The normalized spacial score (nSPS) is 25.9. The lowest BCUT2D eigenvalue weighted by atomic mass is 9.91. The predicted octanol–water partition coefficient (Wildman–Crippen LogP) is 2.87. The van der Waals surface area contributed by atoms with Gasteiger partial charge in [-0.15, -0.1) is 0 Å². The number of hydrogen-bond donors (Lipinski definition) is 1. The van der Waals surface area contributed by atoms with Crippen molar-refractivity contribution in [1.29, 1.82) is 0 Å². The van der Waals surface area contributed by atoms with Gasteiger partial charge in [-0.1, -0.05) is 18.2 Å².